The van der Waals surface area contributed by atoms with Crippen LogP contribution in [0.4, 0.5) is 0 Å². The zero-order valence-electron chi connectivity index (χ0n) is 12.1. The van der Waals surface area contributed by atoms with Crippen molar-refractivity contribution in [2.45, 2.75) is 52.9 Å². The first-order chi connectivity index (χ1) is 8.22. The Hall–Kier alpha value is -0.0800. The lowest BCUT2D eigenvalue weighted by atomic mass is 9.94. The summed E-state index contributed by atoms with van der Waals surface area (Å²) in [4.78, 5) is 2.56. The third kappa shape index (κ3) is 7.05. The van der Waals surface area contributed by atoms with Gasteiger partial charge in [-0.1, -0.05) is 27.2 Å². The topological polar surface area (TPSA) is 12.5 Å². The number of rotatable bonds is 8. The molecule has 0 aromatic rings. The lowest BCUT2D eigenvalue weighted by Crippen LogP contribution is -2.35. The summed E-state index contributed by atoms with van der Waals surface area (Å²) in [5.41, 5.74) is 0. The maximum atomic E-state index is 5.70. The molecule has 17 heavy (non-hydrogen) atoms. The van der Waals surface area contributed by atoms with Gasteiger partial charge in [0, 0.05) is 13.2 Å². The Kier molecular flexibility index (Phi) is 7.87. The maximum absolute atomic E-state index is 5.70. The van der Waals surface area contributed by atoms with Gasteiger partial charge in [0.15, 0.2) is 0 Å². The second-order valence-electron chi connectivity index (χ2n) is 5.84. The summed E-state index contributed by atoms with van der Waals surface area (Å²) in [5.74, 6) is 1.80. The van der Waals surface area contributed by atoms with E-state index in [0.717, 1.165) is 31.6 Å². The van der Waals surface area contributed by atoms with Gasteiger partial charge in [0.1, 0.15) is 0 Å². The maximum Gasteiger partial charge on any atom is 0.0593 e. The quantitative estimate of drug-likeness (QED) is 0.602. The van der Waals surface area contributed by atoms with Gasteiger partial charge in [0.05, 0.1) is 6.61 Å². The largest absolute Gasteiger partial charge is 0.380 e. The molecule has 2 heteroatoms. The van der Waals surface area contributed by atoms with Crippen molar-refractivity contribution in [2.24, 2.45) is 11.8 Å². The van der Waals surface area contributed by atoms with Gasteiger partial charge in [-0.3, -0.25) is 0 Å². The first-order valence-electron chi connectivity index (χ1n) is 7.52. The van der Waals surface area contributed by atoms with Crippen LogP contribution in [0.1, 0.15) is 52.9 Å². The smallest absolute Gasteiger partial charge is 0.0593 e. The molecule has 0 bridgehead atoms. The summed E-state index contributed by atoms with van der Waals surface area (Å²) >= 11 is 0. The Labute approximate surface area is 108 Å². The van der Waals surface area contributed by atoms with Crippen LogP contribution in [0.25, 0.3) is 0 Å². The van der Waals surface area contributed by atoms with Crippen LogP contribution >= 0.6 is 0 Å². The molecule has 1 saturated heterocycles. The highest BCUT2D eigenvalue weighted by Gasteiger charge is 2.16. The van der Waals surface area contributed by atoms with E-state index < -0.39 is 0 Å². The molecule has 0 spiro atoms. The minimum absolute atomic E-state index is 0.812. The van der Waals surface area contributed by atoms with Crippen LogP contribution in [0.3, 0.4) is 0 Å². The Morgan fingerprint density at radius 1 is 1.18 bits per heavy atom. The van der Waals surface area contributed by atoms with Crippen molar-refractivity contribution in [2.75, 3.05) is 32.8 Å². The molecule has 0 aliphatic carbocycles. The van der Waals surface area contributed by atoms with Crippen LogP contribution in [-0.4, -0.2) is 37.7 Å². The zero-order chi connectivity index (χ0) is 12.5. The van der Waals surface area contributed by atoms with Gasteiger partial charge in [0.25, 0.3) is 0 Å². The zero-order valence-corrected chi connectivity index (χ0v) is 12.1. The molecule has 0 atom stereocenters. The molecule has 1 rings (SSSR count). The van der Waals surface area contributed by atoms with Gasteiger partial charge in [-0.2, -0.15) is 0 Å². The van der Waals surface area contributed by atoms with E-state index in [4.69, 9.17) is 4.74 Å². The van der Waals surface area contributed by atoms with E-state index in [1.54, 1.807) is 0 Å². The number of piperidine rings is 1. The second-order valence-corrected chi connectivity index (χ2v) is 5.84. The van der Waals surface area contributed by atoms with Crippen LogP contribution in [0.2, 0.25) is 0 Å². The Morgan fingerprint density at radius 3 is 2.47 bits per heavy atom. The summed E-state index contributed by atoms with van der Waals surface area (Å²) in [5, 5.41) is 0. The fourth-order valence-corrected chi connectivity index (χ4v) is 2.51. The van der Waals surface area contributed by atoms with Crippen molar-refractivity contribution in [1.29, 1.82) is 0 Å². The van der Waals surface area contributed by atoms with Crippen molar-refractivity contribution in [1.82, 2.24) is 4.90 Å². The molecule has 0 radical (unpaired) electrons. The standard InChI is InChI=1S/C15H31NO/c1-4-15-7-9-16(10-8-15)11-13-17-12-5-6-14(2)3/h14-15H,4-13H2,1-3H3. The molecule has 0 N–H and O–H groups in total. The lowest BCUT2D eigenvalue weighted by molar-refractivity contribution is 0.0847. The first kappa shape index (κ1) is 15.0. The molecular formula is C15H31NO. The molecule has 0 aromatic heterocycles. The normalized spacial score (nSPS) is 19.1. The van der Waals surface area contributed by atoms with Crippen molar-refractivity contribution in [3.63, 3.8) is 0 Å². The number of nitrogens with zero attached hydrogens (tertiary/aromatic N) is 1. The summed E-state index contributed by atoms with van der Waals surface area (Å²) in [6, 6.07) is 0. The predicted octanol–water partition coefficient (Wildman–Crippen LogP) is 3.56. The van der Waals surface area contributed by atoms with Gasteiger partial charge >= 0.3 is 0 Å². The number of hydrogen-bond donors (Lipinski definition) is 0. The highest BCUT2D eigenvalue weighted by Crippen LogP contribution is 2.19. The monoisotopic (exact) mass is 241 g/mol. The number of hydrogen-bond acceptors (Lipinski definition) is 2. The highest BCUT2D eigenvalue weighted by molar-refractivity contribution is 4.70. The minimum Gasteiger partial charge on any atom is -0.380 e. The minimum atomic E-state index is 0.812. The van der Waals surface area contributed by atoms with Crippen LogP contribution in [0, 0.1) is 11.8 Å². The summed E-state index contributed by atoms with van der Waals surface area (Å²) in [7, 11) is 0. The van der Waals surface area contributed by atoms with Gasteiger partial charge in [-0.15, -0.1) is 0 Å². The molecule has 1 heterocycles. The summed E-state index contributed by atoms with van der Waals surface area (Å²) < 4.78 is 5.70. The fraction of sp³-hybridized carbons (Fsp3) is 1.00. The van der Waals surface area contributed by atoms with Crippen LogP contribution in [0.15, 0.2) is 0 Å². The number of likely N-dealkylation sites (tertiary alicyclic amines) is 1. The van der Waals surface area contributed by atoms with Gasteiger partial charge in [-0.25, -0.2) is 0 Å². The van der Waals surface area contributed by atoms with Crippen molar-refractivity contribution >= 4 is 0 Å². The lowest BCUT2D eigenvalue weighted by Gasteiger charge is -2.31. The second kappa shape index (κ2) is 8.93. The van der Waals surface area contributed by atoms with E-state index in [2.05, 4.69) is 25.7 Å². The van der Waals surface area contributed by atoms with E-state index in [0.29, 0.717) is 0 Å². The van der Waals surface area contributed by atoms with E-state index in [9.17, 15) is 0 Å². The molecule has 0 aromatic carbocycles. The van der Waals surface area contributed by atoms with E-state index in [-0.39, 0.29) is 0 Å². The summed E-state index contributed by atoms with van der Waals surface area (Å²) in [6.07, 6.45) is 6.66. The molecular weight excluding hydrogens is 210 g/mol. The van der Waals surface area contributed by atoms with Crippen molar-refractivity contribution < 1.29 is 4.74 Å². The molecule has 0 amide bonds. The molecule has 0 saturated carbocycles. The SMILES string of the molecule is CCC1CCN(CCOCCCC(C)C)CC1. The Morgan fingerprint density at radius 2 is 1.88 bits per heavy atom. The van der Waals surface area contributed by atoms with E-state index in [1.165, 1.54) is 45.2 Å². The molecule has 1 aliphatic rings. The van der Waals surface area contributed by atoms with Crippen molar-refractivity contribution in [3.8, 4) is 0 Å². The van der Waals surface area contributed by atoms with Crippen LogP contribution in [-0.2, 0) is 4.74 Å². The van der Waals surface area contributed by atoms with Gasteiger partial charge < -0.3 is 9.64 Å². The molecule has 102 valence electrons. The van der Waals surface area contributed by atoms with Crippen LogP contribution < -0.4 is 0 Å². The molecule has 1 aliphatic heterocycles. The third-order valence-corrected chi connectivity index (χ3v) is 3.91. The highest BCUT2D eigenvalue weighted by atomic mass is 16.5. The van der Waals surface area contributed by atoms with Gasteiger partial charge in [-0.05, 0) is 50.6 Å². The average molecular weight is 241 g/mol. The Bertz CT molecular complexity index is 174. The average Bonchev–Trinajstić information content (AvgIpc) is 2.34. The van der Waals surface area contributed by atoms with Gasteiger partial charge in [0.2, 0.25) is 0 Å². The Balaban J connectivity index is 1.90. The summed E-state index contributed by atoms with van der Waals surface area (Å²) in [6.45, 7) is 12.5. The predicted molar refractivity (Wildman–Crippen MR) is 74.3 cm³/mol. The number of ether oxygens (including phenoxy) is 1. The van der Waals surface area contributed by atoms with Crippen molar-refractivity contribution in [3.05, 3.63) is 0 Å². The third-order valence-electron chi connectivity index (χ3n) is 3.91. The van der Waals surface area contributed by atoms with E-state index >= 15 is 0 Å². The molecule has 1 fully saturated rings. The first-order valence-corrected chi connectivity index (χ1v) is 7.52. The van der Waals surface area contributed by atoms with E-state index in [1.807, 2.05) is 0 Å². The van der Waals surface area contributed by atoms with Crippen LogP contribution in [0.5, 0.6) is 0 Å². The fourth-order valence-electron chi connectivity index (χ4n) is 2.51. The molecule has 0 unspecified atom stereocenters. The molecule has 2 nitrogen and oxygen atoms in total.